The molecule has 4 nitrogen and oxygen atoms in total. The van der Waals surface area contributed by atoms with Gasteiger partial charge < -0.3 is 18.7 Å². The summed E-state index contributed by atoms with van der Waals surface area (Å²) in [5.41, 5.74) is 0. The Kier molecular flexibility index (Phi) is 15.8. The number of hydrogen-bond acceptors (Lipinski definition) is 3. The standard InChI is InChI=1S/C22H48NO3/c1-7-20-23(2,3)21-18-16-14-12-10-8-9-11-13-15-17-19-22(24-4,25-5)26-6/h7-21H2,1-6H3/q+1. The molecule has 0 aromatic carbocycles. The molecule has 0 saturated carbocycles. The van der Waals surface area contributed by atoms with E-state index < -0.39 is 5.97 Å². The van der Waals surface area contributed by atoms with E-state index in [0.717, 1.165) is 12.8 Å². The average Bonchev–Trinajstić information content (AvgIpc) is 2.62. The zero-order valence-corrected chi connectivity index (χ0v) is 18.8. The third-order valence-electron chi connectivity index (χ3n) is 5.51. The van der Waals surface area contributed by atoms with Gasteiger partial charge in [0.2, 0.25) is 0 Å². The predicted octanol–water partition coefficient (Wildman–Crippen LogP) is 5.75. The van der Waals surface area contributed by atoms with Crippen LogP contribution in [0, 0.1) is 0 Å². The van der Waals surface area contributed by atoms with Crippen molar-refractivity contribution < 1.29 is 18.7 Å². The summed E-state index contributed by atoms with van der Waals surface area (Å²) in [5, 5.41) is 0. The van der Waals surface area contributed by atoms with E-state index in [2.05, 4.69) is 21.0 Å². The lowest BCUT2D eigenvalue weighted by molar-refractivity contribution is -0.890. The summed E-state index contributed by atoms with van der Waals surface area (Å²) in [6, 6.07) is 0. The fourth-order valence-corrected chi connectivity index (χ4v) is 3.75. The lowest BCUT2D eigenvalue weighted by atomic mass is 10.0. The Morgan fingerprint density at radius 1 is 0.577 bits per heavy atom. The van der Waals surface area contributed by atoms with Crippen molar-refractivity contribution in [2.75, 3.05) is 48.5 Å². The van der Waals surface area contributed by atoms with Crippen molar-refractivity contribution in [2.24, 2.45) is 0 Å². The summed E-state index contributed by atoms with van der Waals surface area (Å²) in [7, 11) is 9.64. The minimum Gasteiger partial charge on any atom is -0.331 e. The van der Waals surface area contributed by atoms with Crippen molar-refractivity contribution in [1.29, 1.82) is 0 Å². The molecule has 4 heteroatoms. The van der Waals surface area contributed by atoms with Crippen molar-refractivity contribution >= 4 is 0 Å². The van der Waals surface area contributed by atoms with Crippen LogP contribution in [0.3, 0.4) is 0 Å². The third kappa shape index (κ3) is 13.1. The van der Waals surface area contributed by atoms with E-state index in [0.29, 0.717) is 0 Å². The van der Waals surface area contributed by atoms with Gasteiger partial charge in [0.15, 0.2) is 0 Å². The van der Waals surface area contributed by atoms with Gasteiger partial charge in [-0.1, -0.05) is 58.3 Å². The minimum absolute atomic E-state index is 0.796. The minimum atomic E-state index is -0.843. The van der Waals surface area contributed by atoms with Crippen LogP contribution in [0.25, 0.3) is 0 Å². The zero-order valence-electron chi connectivity index (χ0n) is 18.8. The molecular formula is C22H48NO3+. The van der Waals surface area contributed by atoms with Crippen molar-refractivity contribution in [2.45, 2.75) is 96.4 Å². The molecule has 0 saturated heterocycles. The second-order valence-corrected chi connectivity index (χ2v) is 8.32. The molecule has 0 heterocycles. The topological polar surface area (TPSA) is 27.7 Å². The molecule has 0 aromatic rings. The van der Waals surface area contributed by atoms with Gasteiger partial charge in [-0.25, -0.2) is 0 Å². The number of rotatable bonds is 19. The fourth-order valence-electron chi connectivity index (χ4n) is 3.75. The molecule has 0 aliphatic rings. The van der Waals surface area contributed by atoms with E-state index in [-0.39, 0.29) is 0 Å². The first-order valence-electron chi connectivity index (χ1n) is 10.9. The first-order chi connectivity index (χ1) is 12.4. The van der Waals surface area contributed by atoms with Gasteiger partial charge in [-0.05, 0) is 25.7 Å². The summed E-state index contributed by atoms with van der Waals surface area (Å²) in [4.78, 5) is 0. The van der Waals surface area contributed by atoms with Gasteiger partial charge in [0.05, 0.1) is 27.2 Å². The van der Waals surface area contributed by atoms with Crippen LogP contribution >= 0.6 is 0 Å². The fraction of sp³-hybridized carbons (Fsp3) is 1.00. The van der Waals surface area contributed by atoms with E-state index >= 15 is 0 Å². The number of quaternary nitrogens is 1. The number of hydrogen-bond donors (Lipinski definition) is 0. The van der Waals surface area contributed by atoms with Crippen LogP contribution in [0.1, 0.15) is 90.4 Å². The monoisotopic (exact) mass is 374 g/mol. The lowest BCUT2D eigenvalue weighted by Crippen LogP contribution is -2.40. The number of methoxy groups -OCH3 is 3. The van der Waals surface area contributed by atoms with Crippen molar-refractivity contribution in [3.8, 4) is 0 Å². The highest BCUT2D eigenvalue weighted by atomic mass is 16.9. The maximum atomic E-state index is 5.32. The largest absolute Gasteiger partial charge is 0.331 e. The molecule has 0 fully saturated rings. The molecule has 0 spiro atoms. The lowest BCUT2D eigenvalue weighted by Gasteiger charge is -2.29. The Labute approximate surface area is 164 Å². The van der Waals surface area contributed by atoms with E-state index in [1.54, 1.807) is 21.3 Å². The molecule has 0 radical (unpaired) electrons. The Bertz CT molecular complexity index is 295. The Hall–Kier alpha value is -0.160. The smallest absolute Gasteiger partial charge is 0.282 e. The Morgan fingerprint density at radius 3 is 1.35 bits per heavy atom. The predicted molar refractivity (Wildman–Crippen MR) is 111 cm³/mol. The van der Waals surface area contributed by atoms with E-state index in [9.17, 15) is 0 Å². The first-order valence-corrected chi connectivity index (χ1v) is 10.9. The zero-order chi connectivity index (χ0) is 19.7. The molecule has 0 rings (SSSR count). The summed E-state index contributed by atoms with van der Waals surface area (Å²) in [6.07, 6.45) is 16.9. The van der Waals surface area contributed by atoms with Crippen LogP contribution in [-0.2, 0) is 14.2 Å². The van der Waals surface area contributed by atoms with Gasteiger partial charge in [0, 0.05) is 27.8 Å². The van der Waals surface area contributed by atoms with Crippen LogP contribution in [0.4, 0.5) is 0 Å². The van der Waals surface area contributed by atoms with Crippen molar-refractivity contribution in [3.05, 3.63) is 0 Å². The number of nitrogens with zero attached hydrogens (tertiary/aromatic N) is 1. The third-order valence-corrected chi connectivity index (χ3v) is 5.51. The molecule has 0 amide bonds. The molecule has 158 valence electrons. The van der Waals surface area contributed by atoms with Gasteiger partial charge in [0.25, 0.3) is 5.97 Å². The number of ether oxygens (including phenoxy) is 3. The molecular weight excluding hydrogens is 326 g/mol. The average molecular weight is 375 g/mol. The molecule has 0 unspecified atom stereocenters. The SMILES string of the molecule is CCC[N+](C)(C)CCCCCCCCCCCCCC(OC)(OC)OC. The summed E-state index contributed by atoms with van der Waals surface area (Å²) >= 11 is 0. The van der Waals surface area contributed by atoms with Gasteiger partial charge >= 0.3 is 0 Å². The molecule has 0 atom stereocenters. The van der Waals surface area contributed by atoms with Crippen LogP contribution in [0.5, 0.6) is 0 Å². The molecule has 0 aliphatic carbocycles. The van der Waals surface area contributed by atoms with Crippen LogP contribution in [-0.4, -0.2) is 59.0 Å². The molecule has 26 heavy (non-hydrogen) atoms. The quantitative estimate of drug-likeness (QED) is 0.164. The summed E-state index contributed by atoms with van der Waals surface area (Å²) in [6.45, 7) is 4.93. The highest BCUT2D eigenvalue weighted by molar-refractivity contribution is 4.57. The molecule has 0 aromatic heterocycles. The van der Waals surface area contributed by atoms with Crippen LogP contribution in [0.15, 0.2) is 0 Å². The second-order valence-electron chi connectivity index (χ2n) is 8.32. The molecule has 0 bridgehead atoms. The van der Waals surface area contributed by atoms with Gasteiger partial charge in [0.1, 0.15) is 0 Å². The molecule has 0 N–H and O–H groups in total. The normalized spacial score (nSPS) is 12.7. The molecule has 0 aliphatic heterocycles. The first kappa shape index (κ1) is 25.8. The summed E-state index contributed by atoms with van der Waals surface area (Å²) in [5.74, 6) is -0.843. The maximum Gasteiger partial charge on any atom is 0.282 e. The number of unbranched alkanes of at least 4 members (excludes halogenated alkanes) is 10. The second kappa shape index (κ2) is 15.9. The van der Waals surface area contributed by atoms with E-state index in [1.807, 2.05) is 0 Å². The van der Waals surface area contributed by atoms with Crippen molar-refractivity contribution in [3.63, 3.8) is 0 Å². The maximum absolute atomic E-state index is 5.32. The van der Waals surface area contributed by atoms with Gasteiger partial charge in [-0.2, -0.15) is 0 Å². The van der Waals surface area contributed by atoms with Crippen LogP contribution < -0.4 is 0 Å². The van der Waals surface area contributed by atoms with Gasteiger partial charge in [-0.15, -0.1) is 0 Å². The summed E-state index contributed by atoms with van der Waals surface area (Å²) < 4.78 is 17.2. The Balaban J connectivity index is 3.37. The van der Waals surface area contributed by atoms with Gasteiger partial charge in [-0.3, -0.25) is 0 Å². The highest BCUT2D eigenvalue weighted by Gasteiger charge is 2.28. The van der Waals surface area contributed by atoms with E-state index in [4.69, 9.17) is 14.2 Å². The van der Waals surface area contributed by atoms with Crippen LogP contribution in [0.2, 0.25) is 0 Å². The highest BCUT2D eigenvalue weighted by Crippen LogP contribution is 2.21. The Morgan fingerprint density at radius 2 is 0.962 bits per heavy atom. The van der Waals surface area contributed by atoms with Crippen molar-refractivity contribution in [1.82, 2.24) is 0 Å². The van der Waals surface area contributed by atoms with E-state index in [1.165, 1.54) is 88.2 Å².